The lowest BCUT2D eigenvalue weighted by molar-refractivity contribution is -0.700. The SMILES string of the molecule is O=S1(=O)C[C@H](Nc2ccccc2)[C@H]([NH2+]Cc2ccccc2)C1. The third-order valence-corrected chi connectivity index (χ3v) is 5.78. The van der Waals surface area contributed by atoms with E-state index >= 15 is 0 Å². The molecular weight excluding hydrogens is 296 g/mol. The third kappa shape index (κ3) is 3.87. The van der Waals surface area contributed by atoms with Crippen molar-refractivity contribution in [2.24, 2.45) is 0 Å². The van der Waals surface area contributed by atoms with Gasteiger partial charge in [-0.15, -0.1) is 0 Å². The molecule has 3 N–H and O–H groups in total. The molecule has 0 radical (unpaired) electrons. The van der Waals surface area contributed by atoms with E-state index in [2.05, 4.69) is 22.8 Å². The van der Waals surface area contributed by atoms with Gasteiger partial charge in [0.2, 0.25) is 0 Å². The molecule has 5 heteroatoms. The van der Waals surface area contributed by atoms with Gasteiger partial charge in [-0.2, -0.15) is 0 Å². The van der Waals surface area contributed by atoms with Crippen LogP contribution in [-0.4, -0.2) is 32.0 Å². The van der Waals surface area contributed by atoms with Crippen molar-refractivity contribution in [2.75, 3.05) is 16.8 Å². The summed E-state index contributed by atoms with van der Waals surface area (Å²) in [6, 6.07) is 19.9. The molecule has 2 aromatic carbocycles. The minimum Gasteiger partial charge on any atom is -0.376 e. The number of nitrogens with one attached hydrogen (secondary N) is 1. The second-order valence-electron chi connectivity index (χ2n) is 5.78. The van der Waals surface area contributed by atoms with Crippen molar-refractivity contribution in [3.05, 3.63) is 66.2 Å². The fraction of sp³-hybridized carbons (Fsp3) is 0.294. The van der Waals surface area contributed by atoms with Crippen LogP contribution in [0.25, 0.3) is 0 Å². The van der Waals surface area contributed by atoms with Gasteiger partial charge in [0.25, 0.3) is 0 Å². The predicted molar refractivity (Wildman–Crippen MR) is 88.4 cm³/mol. The largest absolute Gasteiger partial charge is 0.376 e. The number of sulfone groups is 1. The summed E-state index contributed by atoms with van der Waals surface area (Å²) in [5.74, 6) is 0.447. The Balaban J connectivity index is 1.67. The second kappa shape index (κ2) is 6.50. The number of para-hydroxylation sites is 1. The molecule has 0 aliphatic carbocycles. The summed E-state index contributed by atoms with van der Waals surface area (Å²) in [5.41, 5.74) is 2.19. The quantitative estimate of drug-likeness (QED) is 0.866. The van der Waals surface area contributed by atoms with Gasteiger partial charge in [-0.25, -0.2) is 8.42 Å². The smallest absolute Gasteiger partial charge is 0.158 e. The van der Waals surface area contributed by atoms with Crippen LogP contribution in [0, 0.1) is 0 Å². The highest BCUT2D eigenvalue weighted by atomic mass is 32.2. The molecule has 0 bridgehead atoms. The Morgan fingerprint density at radius 3 is 2.27 bits per heavy atom. The molecule has 2 atom stereocenters. The van der Waals surface area contributed by atoms with Crippen molar-refractivity contribution >= 4 is 15.5 Å². The number of anilines is 1. The molecule has 3 rings (SSSR count). The molecule has 1 saturated heterocycles. The highest BCUT2D eigenvalue weighted by Gasteiger charge is 2.40. The van der Waals surface area contributed by atoms with Gasteiger partial charge < -0.3 is 10.6 Å². The summed E-state index contributed by atoms with van der Waals surface area (Å²) in [6.45, 7) is 0.800. The maximum Gasteiger partial charge on any atom is 0.158 e. The van der Waals surface area contributed by atoms with Crippen LogP contribution in [0.1, 0.15) is 5.56 Å². The molecular formula is C17H21N2O2S+. The van der Waals surface area contributed by atoms with Crippen molar-refractivity contribution in [1.29, 1.82) is 0 Å². The average Bonchev–Trinajstić information content (AvgIpc) is 2.81. The van der Waals surface area contributed by atoms with Crippen LogP contribution < -0.4 is 10.6 Å². The summed E-state index contributed by atoms with van der Waals surface area (Å²) in [6.07, 6.45) is 0. The molecule has 2 aromatic rings. The minimum atomic E-state index is -2.96. The van der Waals surface area contributed by atoms with Gasteiger partial charge in [0.05, 0.1) is 11.8 Å². The maximum atomic E-state index is 12.0. The van der Waals surface area contributed by atoms with Crippen molar-refractivity contribution in [2.45, 2.75) is 18.6 Å². The summed E-state index contributed by atoms with van der Waals surface area (Å²) < 4.78 is 24.0. The molecule has 1 heterocycles. The number of nitrogens with two attached hydrogens (primary N) is 1. The molecule has 0 saturated carbocycles. The fourth-order valence-electron chi connectivity index (χ4n) is 2.91. The van der Waals surface area contributed by atoms with Gasteiger partial charge in [-0.05, 0) is 12.1 Å². The first-order chi connectivity index (χ1) is 10.6. The van der Waals surface area contributed by atoms with E-state index in [0.717, 1.165) is 12.2 Å². The van der Waals surface area contributed by atoms with E-state index in [1.807, 2.05) is 48.5 Å². The van der Waals surface area contributed by atoms with E-state index < -0.39 is 9.84 Å². The molecule has 0 unspecified atom stereocenters. The minimum absolute atomic E-state index is 0.0453. The van der Waals surface area contributed by atoms with E-state index in [9.17, 15) is 8.42 Å². The first-order valence-electron chi connectivity index (χ1n) is 7.52. The molecule has 0 spiro atoms. The maximum absolute atomic E-state index is 12.0. The predicted octanol–water partition coefficient (Wildman–Crippen LogP) is 1.03. The van der Waals surface area contributed by atoms with Crippen molar-refractivity contribution in [3.63, 3.8) is 0 Å². The lowest BCUT2D eigenvalue weighted by Crippen LogP contribution is -2.91. The summed E-state index contributed by atoms with van der Waals surface area (Å²) in [4.78, 5) is 0. The Bertz CT molecular complexity index is 702. The number of benzene rings is 2. The Hall–Kier alpha value is -1.85. The Kier molecular flexibility index (Phi) is 4.45. The molecule has 116 valence electrons. The van der Waals surface area contributed by atoms with Crippen LogP contribution in [0.3, 0.4) is 0 Å². The normalized spacial score (nSPS) is 23.3. The van der Waals surface area contributed by atoms with Gasteiger partial charge >= 0.3 is 0 Å². The summed E-state index contributed by atoms with van der Waals surface area (Å²) >= 11 is 0. The second-order valence-corrected chi connectivity index (χ2v) is 7.94. The van der Waals surface area contributed by atoms with Crippen molar-refractivity contribution < 1.29 is 13.7 Å². The van der Waals surface area contributed by atoms with Crippen molar-refractivity contribution in [3.8, 4) is 0 Å². The average molecular weight is 317 g/mol. The van der Waals surface area contributed by atoms with Crippen molar-refractivity contribution in [1.82, 2.24) is 0 Å². The van der Waals surface area contributed by atoms with E-state index in [4.69, 9.17) is 0 Å². The number of hydrogen-bond donors (Lipinski definition) is 2. The zero-order valence-electron chi connectivity index (χ0n) is 12.4. The van der Waals surface area contributed by atoms with Crippen LogP contribution in [0.2, 0.25) is 0 Å². The molecule has 1 aliphatic heterocycles. The van der Waals surface area contributed by atoms with Crippen LogP contribution in [0.5, 0.6) is 0 Å². The topological polar surface area (TPSA) is 62.8 Å². The first kappa shape index (κ1) is 15.1. The molecule has 1 aliphatic rings. The van der Waals surface area contributed by atoms with E-state index in [1.54, 1.807) is 0 Å². The zero-order valence-corrected chi connectivity index (χ0v) is 13.2. The number of quaternary nitrogens is 1. The summed E-state index contributed by atoms with van der Waals surface area (Å²) in [5, 5.41) is 5.51. The monoisotopic (exact) mass is 317 g/mol. The standard InChI is InChI=1S/C17H20N2O2S/c20-22(21)12-16(18-11-14-7-3-1-4-8-14)17(13-22)19-15-9-5-2-6-10-15/h1-10,16-19H,11-13H2/p+1/t16-,17+/m1/s1. The molecule has 22 heavy (non-hydrogen) atoms. The first-order valence-corrected chi connectivity index (χ1v) is 9.34. The van der Waals surface area contributed by atoms with Gasteiger partial charge in [0, 0.05) is 11.3 Å². The fourth-order valence-corrected chi connectivity index (χ4v) is 4.87. The van der Waals surface area contributed by atoms with Crippen LogP contribution >= 0.6 is 0 Å². The Labute approximate surface area is 131 Å². The van der Waals surface area contributed by atoms with Gasteiger partial charge in [0.1, 0.15) is 18.3 Å². The lowest BCUT2D eigenvalue weighted by atomic mass is 10.1. The summed E-state index contributed by atoms with van der Waals surface area (Å²) in [7, 11) is -2.96. The molecule has 0 amide bonds. The molecule has 0 aromatic heterocycles. The van der Waals surface area contributed by atoms with E-state index in [-0.39, 0.29) is 23.6 Å². The van der Waals surface area contributed by atoms with Gasteiger partial charge in [-0.1, -0.05) is 48.5 Å². The highest BCUT2D eigenvalue weighted by molar-refractivity contribution is 7.91. The van der Waals surface area contributed by atoms with E-state index in [1.165, 1.54) is 5.56 Å². The number of hydrogen-bond acceptors (Lipinski definition) is 3. The lowest BCUT2D eigenvalue weighted by Gasteiger charge is -2.19. The Morgan fingerprint density at radius 1 is 0.955 bits per heavy atom. The zero-order chi connectivity index (χ0) is 15.4. The highest BCUT2D eigenvalue weighted by Crippen LogP contribution is 2.16. The van der Waals surface area contributed by atoms with E-state index in [0.29, 0.717) is 0 Å². The van der Waals surface area contributed by atoms with Gasteiger partial charge in [-0.3, -0.25) is 0 Å². The van der Waals surface area contributed by atoms with Crippen LogP contribution in [-0.2, 0) is 16.4 Å². The third-order valence-electron chi connectivity index (χ3n) is 4.02. The number of rotatable bonds is 5. The Morgan fingerprint density at radius 2 is 1.59 bits per heavy atom. The van der Waals surface area contributed by atoms with Crippen LogP contribution in [0.4, 0.5) is 5.69 Å². The molecule has 4 nitrogen and oxygen atoms in total. The van der Waals surface area contributed by atoms with Crippen LogP contribution in [0.15, 0.2) is 60.7 Å². The van der Waals surface area contributed by atoms with Gasteiger partial charge in [0.15, 0.2) is 9.84 Å². The molecule has 1 fully saturated rings.